The predicted octanol–water partition coefficient (Wildman–Crippen LogP) is 2.97. The molecule has 0 radical (unpaired) electrons. The molecular formula is C17H26N2O2. The summed E-state index contributed by atoms with van der Waals surface area (Å²) in [5, 5.41) is 6.20. The highest BCUT2D eigenvalue weighted by Crippen LogP contribution is 2.28. The molecule has 2 N–H and O–H groups in total. The van der Waals surface area contributed by atoms with E-state index in [0.29, 0.717) is 6.54 Å². The minimum atomic E-state index is -0.0168. The van der Waals surface area contributed by atoms with Crippen LogP contribution in [-0.4, -0.2) is 32.2 Å². The van der Waals surface area contributed by atoms with Gasteiger partial charge in [0.1, 0.15) is 0 Å². The zero-order valence-corrected chi connectivity index (χ0v) is 13.1. The first kappa shape index (κ1) is 15.8. The Kier molecular flexibility index (Phi) is 6.05. The minimum Gasteiger partial charge on any atom is -0.385 e. The molecule has 1 fully saturated rings. The standard InChI is InChI=1S/C17H26N2O2/c1-3-18-16-8-5-13(2)11-15(16)17(20)19-9-4-10-21-12-14-6-7-14/h5,8,11,14,18H,3-4,6-7,9-10,12H2,1-2H3,(H,19,20). The summed E-state index contributed by atoms with van der Waals surface area (Å²) in [6, 6.07) is 5.91. The van der Waals surface area contributed by atoms with Crippen molar-refractivity contribution in [3.8, 4) is 0 Å². The van der Waals surface area contributed by atoms with Crippen molar-refractivity contribution in [3.05, 3.63) is 29.3 Å². The average Bonchev–Trinajstić information content (AvgIpc) is 3.28. The van der Waals surface area contributed by atoms with Crippen molar-refractivity contribution in [1.82, 2.24) is 5.32 Å². The van der Waals surface area contributed by atoms with Crippen molar-refractivity contribution in [3.63, 3.8) is 0 Å². The number of anilines is 1. The molecule has 0 aliphatic heterocycles. The molecule has 1 saturated carbocycles. The van der Waals surface area contributed by atoms with Gasteiger partial charge < -0.3 is 15.4 Å². The Morgan fingerprint density at radius 3 is 2.90 bits per heavy atom. The Hall–Kier alpha value is -1.55. The molecule has 0 spiro atoms. The maximum atomic E-state index is 12.3. The summed E-state index contributed by atoms with van der Waals surface area (Å²) < 4.78 is 5.56. The number of rotatable bonds is 9. The number of carbonyl (C=O) groups excluding carboxylic acids is 1. The fraction of sp³-hybridized carbons (Fsp3) is 0.588. The van der Waals surface area contributed by atoms with Crippen molar-refractivity contribution in [2.24, 2.45) is 5.92 Å². The van der Waals surface area contributed by atoms with Crippen LogP contribution in [0.4, 0.5) is 5.69 Å². The van der Waals surface area contributed by atoms with Gasteiger partial charge in [-0.25, -0.2) is 0 Å². The van der Waals surface area contributed by atoms with Gasteiger partial charge in [0, 0.05) is 32.0 Å². The van der Waals surface area contributed by atoms with E-state index in [4.69, 9.17) is 4.74 Å². The van der Waals surface area contributed by atoms with Crippen LogP contribution in [0.3, 0.4) is 0 Å². The molecule has 1 aliphatic carbocycles. The Balaban J connectivity index is 1.74. The lowest BCUT2D eigenvalue weighted by Crippen LogP contribution is -2.26. The van der Waals surface area contributed by atoms with Crippen molar-refractivity contribution in [2.45, 2.75) is 33.1 Å². The van der Waals surface area contributed by atoms with E-state index in [1.807, 2.05) is 32.0 Å². The number of hydrogen-bond acceptors (Lipinski definition) is 3. The summed E-state index contributed by atoms with van der Waals surface area (Å²) in [5.74, 6) is 0.784. The van der Waals surface area contributed by atoms with Crippen LogP contribution in [0.5, 0.6) is 0 Å². The molecule has 1 amide bonds. The van der Waals surface area contributed by atoms with Crippen molar-refractivity contribution in [1.29, 1.82) is 0 Å². The van der Waals surface area contributed by atoms with Gasteiger partial charge >= 0.3 is 0 Å². The molecule has 1 aromatic carbocycles. The molecule has 0 saturated heterocycles. The molecule has 1 aliphatic rings. The predicted molar refractivity (Wildman–Crippen MR) is 85.8 cm³/mol. The lowest BCUT2D eigenvalue weighted by Gasteiger charge is -2.12. The maximum absolute atomic E-state index is 12.3. The summed E-state index contributed by atoms with van der Waals surface area (Å²) in [4.78, 5) is 12.3. The second kappa shape index (κ2) is 8.03. The molecule has 0 unspecified atom stereocenters. The third-order valence-electron chi connectivity index (χ3n) is 3.59. The Morgan fingerprint density at radius 2 is 2.19 bits per heavy atom. The highest BCUT2D eigenvalue weighted by atomic mass is 16.5. The largest absolute Gasteiger partial charge is 0.385 e. The third-order valence-corrected chi connectivity index (χ3v) is 3.59. The van der Waals surface area contributed by atoms with Crippen LogP contribution in [0.2, 0.25) is 0 Å². The molecule has 0 bridgehead atoms. The molecule has 116 valence electrons. The number of benzene rings is 1. The van der Waals surface area contributed by atoms with Gasteiger partial charge in [-0.05, 0) is 51.2 Å². The summed E-state index contributed by atoms with van der Waals surface area (Å²) in [7, 11) is 0. The molecule has 4 nitrogen and oxygen atoms in total. The van der Waals surface area contributed by atoms with Crippen LogP contribution in [0.15, 0.2) is 18.2 Å². The van der Waals surface area contributed by atoms with Crippen LogP contribution < -0.4 is 10.6 Å². The van der Waals surface area contributed by atoms with Crippen LogP contribution >= 0.6 is 0 Å². The number of ether oxygens (including phenoxy) is 1. The molecule has 2 rings (SSSR count). The first-order valence-electron chi connectivity index (χ1n) is 7.91. The lowest BCUT2D eigenvalue weighted by molar-refractivity contribution is 0.0938. The fourth-order valence-corrected chi connectivity index (χ4v) is 2.20. The van der Waals surface area contributed by atoms with Crippen LogP contribution in [0.25, 0.3) is 0 Å². The van der Waals surface area contributed by atoms with Crippen molar-refractivity contribution < 1.29 is 9.53 Å². The van der Waals surface area contributed by atoms with E-state index in [-0.39, 0.29) is 5.91 Å². The number of nitrogens with one attached hydrogen (secondary N) is 2. The first-order chi connectivity index (χ1) is 10.2. The minimum absolute atomic E-state index is 0.0168. The Morgan fingerprint density at radius 1 is 1.38 bits per heavy atom. The van der Waals surface area contributed by atoms with E-state index in [1.54, 1.807) is 0 Å². The summed E-state index contributed by atoms with van der Waals surface area (Å²) in [6.45, 7) is 7.10. The fourth-order valence-electron chi connectivity index (χ4n) is 2.20. The lowest BCUT2D eigenvalue weighted by atomic mass is 10.1. The number of carbonyl (C=O) groups is 1. The average molecular weight is 290 g/mol. The second-order valence-electron chi connectivity index (χ2n) is 5.71. The molecule has 0 aromatic heterocycles. The van der Waals surface area contributed by atoms with Gasteiger partial charge in [-0.3, -0.25) is 4.79 Å². The summed E-state index contributed by atoms with van der Waals surface area (Å²) in [5.41, 5.74) is 2.70. The van der Waals surface area contributed by atoms with Crippen LogP contribution in [0, 0.1) is 12.8 Å². The zero-order valence-electron chi connectivity index (χ0n) is 13.1. The third kappa shape index (κ3) is 5.38. The second-order valence-corrected chi connectivity index (χ2v) is 5.71. The number of hydrogen-bond donors (Lipinski definition) is 2. The van der Waals surface area contributed by atoms with E-state index >= 15 is 0 Å². The Labute approximate surface area is 127 Å². The number of amides is 1. The Bertz CT molecular complexity index is 470. The van der Waals surface area contributed by atoms with Crippen molar-refractivity contribution >= 4 is 11.6 Å². The quantitative estimate of drug-likeness (QED) is 0.687. The smallest absolute Gasteiger partial charge is 0.253 e. The summed E-state index contributed by atoms with van der Waals surface area (Å²) >= 11 is 0. The summed E-state index contributed by atoms with van der Waals surface area (Å²) in [6.07, 6.45) is 3.50. The molecule has 1 aromatic rings. The normalized spacial score (nSPS) is 14.0. The molecule has 0 atom stereocenters. The van der Waals surface area contributed by atoms with Gasteiger partial charge in [-0.15, -0.1) is 0 Å². The van der Waals surface area contributed by atoms with Gasteiger partial charge in [0.15, 0.2) is 0 Å². The van der Waals surface area contributed by atoms with Gasteiger partial charge in [-0.1, -0.05) is 11.6 Å². The van der Waals surface area contributed by atoms with E-state index in [9.17, 15) is 4.79 Å². The molecule has 4 heteroatoms. The van der Waals surface area contributed by atoms with Crippen molar-refractivity contribution in [2.75, 3.05) is 31.6 Å². The van der Waals surface area contributed by atoms with Gasteiger partial charge in [0.2, 0.25) is 0 Å². The van der Waals surface area contributed by atoms with Gasteiger partial charge in [-0.2, -0.15) is 0 Å². The maximum Gasteiger partial charge on any atom is 0.253 e. The highest BCUT2D eigenvalue weighted by molar-refractivity contribution is 5.99. The van der Waals surface area contributed by atoms with E-state index in [2.05, 4.69) is 10.6 Å². The van der Waals surface area contributed by atoms with Crippen LogP contribution in [0.1, 0.15) is 42.1 Å². The number of aryl methyl sites for hydroxylation is 1. The van der Waals surface area contributed by atoms with Gasteiger partial charge in [0.25, 0.3) is 5.91 Å². The molecule has 21 heavy (non-hydrogen) atoms. The zero-order chi connectivity index (χ0) is 15.1. The molecular weight excluding hydrogens is 264 g/mol. The SMILES string of the molecule is CCNc1ccc(C)cc1C(=O)NCCCOCC1CC1. The molecule has 0 heterocycles. The van der Waals surface area contributed by atoms with E-state index in [1.165, 1.54) is 12.8 Å². The van der Waals surface area contributed by atoms with E-state index in [0.717, 1.165) is 48.9 Å². The monoisotopic (exact) mass is 290 g/mol. The first-order valence-corrected chi connectivity index (χ1v) is 7.91. The van der Waals surface area contributed by atoms with E-state index < -0.39 is 0 Å². The highest BCUT2D eigenvalue weighted by Gasteiger charge is 2.20. The van der Waals surface area contributed by atoms with Gasteiger partial charge in [0.05, 0.1) is 5.56 Å². The topological polar surface area (TPSA) is 50.4 Å². The van der Waals surface area contributed by atoms with Crippen LogP contribution in [-0.2, 0) is 4.74 Å².